The topological polar surface area (TPSA) is 25.8 Å². The number of rotatable bonds is 6. The highest BCUT2D eigenvalue weighted by Gasteiger charge is 2.46. The van der Waals surface area contributed by atoms with E-state index in [2.05, 4.69) is 176 Å². The molecule has 1 aliphatic rings. The van der Waals surface area contributed by atoms with Crippen molar-refractivity contribution >= 4 is 0 Å². The molecule has 2 aromatic heterocycles. The number of hydrogen-bond acceptors (Lipinski definition) is 2. The number of fused-ring (bicyclic) bond motifs is 3. The number of hydrogen-bond donors (Lipinski definition) is 0. The molecular weight excluding hydrogens is 593 g/mol. The Morgan fingerprint density at radius 2 is 0.878 bits per heavy atom. The average molecular weight is 625 g/mol. The number of pyridine rings is 2. The van der Waals surface area contributed by atoms with Gasteiger partial charge in [-0.25, -0.2) is 0 Å². The van der Waals surface area contributed by atoms with Gasteiger partial charge in [0.25, 0.3) is 0 Å². The lowest BCUT2D eigenvalue weighted by molar-refractivity contribution is 0.769. The molecule has 49 heavy (non-hydrogen) atoms. The van der Waals surface area contributed by atoms with E-state index < -0.39 is 5.41 Å². The summed E-state index contributed by atoms with van der Waals surface area (Å²) in [4.78, 5) is 9.70. The second-order valence-corrected chi connectivity index (χ2v) is 12.6. The van der Waals surface area contributed by atoms with Gasteiger partial charge in [0.05, 0.1) is 16.8 Å². The van der Waals surface area contributed by atoms with Crippen LogP contribution < -0.4 is 0 Å². The van der Waals surface area contributed by atoms with Crippen molar-refractivity contribution in [2.24, 2.45) is 0 Å². The lowest BCUT2D eigenvalue weighted by Gasteiger charge is -2.35. The summed E-state index contributed by atoms with van der Waals surface area (Å²) in [6.07, 6.45) is 3.79. The predicted molar refractivity (Wildman–Crippen MR) is 201 cm³/mol. The fourth-order valence-electron chi connectivity index (χ4n) is 7.66. The average Bonchev–Trinajstić information content (AvgIpc) is 3.50. The van der Waals surface area contributed by atoms with Crippen molar-refractivity contribution in [1.29, 1.82) is 0 Å². The van der Waals surface area contributed by atoms with Crippen LogP contribution in [0.15, 0.2) is 194 Å². The summed E-state index contributed by atoms with van der Waals surface area (Å²) in [5, 5.41) is 0. The fourth-order valence-corrected chi connectivity index (χ4v) is 7.66. The van der Waals surface area contributed by atoms with Crippen LogP contribution in [0, 0.1) is 0 Å². The number of aromatic nitrogens is 2. The van der Waals surface area contributed by atoms with Crippen molar-refractivity contribution in [2.45, 2.75) is 5.41 Å². The molecule has 0 amide bonds. The van der Waals surface area contributed by atoms with Crippen LogP contribution in [-0.2, 0) is 5.41 Å². The van der Waals surface area contributed by atoms with Crippen LogP contribution in [0.2, 0.25) is 0 Å². The second kappa shape index (κ2) is 12.0. The molecule has 0 atom stereocenters. The van der Waals surface area contributed by atoms with Gasteiger partial charge in [0.2, 0.25) is 0 Å². The van der Waals surface area contributed by atoms with Gasteiger partial charge >= 0.3 is 0 Å². The zero-order chi connectivity index (χ0) is 32.6. The van der Waals surface area contributed by atoms with Crippen LogP contribution in [0.25, 0.3) is 55.9 Å². The summed E-state index contributed by atoms with van der Waals surface area (Å²) in [5.74, 6) is 0. The van der Waals surface area contributed by atoms with Gasteiger partial charge in [-0.3, -0.25) is 9.97 Å². The van der Waals surface area contributed by atoms with Gasteiger partial charge in [-0.15, -0.1) is 0 Å². The van der Waals surface area contributed by atoms with Gasteiger partial charge in [0.1, 0.15) is 0 Å². The quantitative estimate of drug-likeness (QED) is 0.184. The SMILES string of the molecule is c1ccc(-c2cc(-c3cc(-c4ccccc4)ccn3)cc(C3(c4cccc(-c5ccccn5)c4)c4ccccc4-c4ccccc43)c2)cc1. The molecule has 0 unspecified atom stereocenters. The van der Waals surface area contributed by atoms with Gasteiger partial charge in [-0.2, -0.15) is 0 Å². The molecule has 2 heterocycles. The van der Waals surface area contributed by atoms with Crippen LogP contribution in [-0.4, -0.2) is 9.97 Å². The molecule has 0 bridgehead atoms. The Balaban J connectivity index is 1.36. The minimum atomic E-state index is -0.589. The predicted octanol–water partition coefficient (Wildman–Crippen LogP) is 11.5. The highest BCUT2D eigenvalue weighted by Crippen LogP contribution is 2.57. The molecule has 0 N–H and O–H groups in total. The van der Waals surface area contributed by atoms with E-state index in [1.54, 1.807) is 0 Å². The lowest BCUT2D eigenvalue weighted by atomic mass is 9.66. The first-order valence-electron chi connectivity index (χ1n) is 16.7. The molecule has 2 heteroatoms. The molecule has 0 spiro atoms. The van der Waals surface area contributed by atoms with E-state index in [1.165, 1.54) is 44.5 Å². The summed E-state index contributed by atoms with van der Waals surface area (Å²) in [7, 11) is 0. The standard InChI is InChI=1S/C47H32N2/c1-3-14-33(15-4-1)35-25-27-49-46(32-35)38-28-37(34-16-5-2-6-17-34)30-40(31-38)47(39-19-13-18-36(29-39)45-24-11-12-26-48-45)43-22-9-7-20-41(43)42-21-8-10-23-44(42)47/h1-32H. The van der Waals surface area contributed by atoms with E-state index in [4.69, 9.17) is 9.97 Å². The summed E-state index contributed by atoms with van der Waals surface area (Å²) in [6, 6.07) is 65.5. The van der Waals surface area contributed by atoms with Crippen molar-refractivity contribution in [3.8, 4) is 55.9 Å². The normalized spacial score (nSPS) is 12.7. The molecular formula is C47H32N2. The molecule has 0 fully saturated rings. The molecule has 6 aromatic carbocycles. The van der Waals surface area contributed by atoms with Crippen molar-refractivity contribution in [3.63, 3.8) is 0 Å². The Labute approximate surface area is 287 Å². The molecule has 1 aliphatic carbocycles. The Kier molecular flexibility index (Phi) is 7.06. The minimum Gasteiger partial charge on any atom is -0.256 e. The molecule has 9 rings (SSSR count). The number of benzene rings is 6. The monoisotopic (exact) mass is 624 g/mol. The van der Waals surface area contributed by atoms with Crippen LogP contribution in [0.5, 0.6) is 0 Å². The van der Waals surface area contributed by atoms with Gasteiger partial charge in [0, 0.05) is 23.5 Å². The van der Waals surface area contributed by atoms with Crippen molar-refractivity contribution in [2.75, 3.05) is 0 Å². The maximum atomic E-state index is 4.97. The first-order valence-corrected chi connectivity index (χ1v) is 16.7. The molecule has 0 aliphatic heterocycles. The van der Waals surface area contributed by atoms with Gasteiger partial charge < -0.3 is 0 Å². The van der Waals surface area contributed by atoms with Gasteiger partial charge in [0.15, 0.2) is 0 Å². The largest absolute Gasteiger partial charge is 0.256 e. The summed E-state index contributed by atoms with van der Waals surface area (Å²) in [5.41, 5.74) is 15.6. The third kappa shape index (κ3) is 4.89. The highest BCUT2D eigenvalue weighted by molar-refractivity contribution is 5.88. The fraction of sp³-hybridized carbons (Fsp3) is 0.0213. The smallest absolute Gasteiger partial charge is 0.0714 e. The Hall–Kier alpha value is -6.38. The second-order valence-electron chi connectivity index (χ2n) is 12.6. The molecule has 8 aromatic rings. The van der Waals surface area contributed by atoms with Gasteiger partial charge in [-0.05, 0) is 104 Å². The number of nitrogens with zero attached hydrogens (tertiary/aromatic N) is 2. The third-order valence-corrected chi connectivity index (χ3v) is 9.84. The summed E-state index contributed by atoms with van der Waals surface area (Å²) < 4.78 is 0. The van der Waals surface area contributed by atoms with Crippen LogP contribution >= 0.6 is 0 Å². The van der Waals surface area contributed by atoms with Crippen LogP contribution in [0.3, 0.4) is 0 Å². The van der Waals surface area contributed by atoms with E-state index in [-0.39, 0.29) is 0 Å². The minimum absolute atomic E-state index is 0.589. The van der Waals surface area contributed by atoms with Gasteiger partial charge in [-0.1, -0.05) is 133 Å². The zero-order valence-electron chi connectivity index (χ0n) is 26.9. The molecule has 2 nitrogen and oxygen atoms in total. The van der Waals surface area contributed by atoms with Crippen molar-refractivity contribution in [3.05, 3.63) is 217 Å². The van der Waals surface area contributed by atoms with Crippen molar-refractivity contribution < 1.29 is 0 Å². The Bertz CT molecular complexity index is 2390. The lowest BCUT2D eigenvalue weighted by Crippen LogP contribution is -2.28. The van der Waals surface area contributed by atoms with Crippen LogP contribution in [0.4, 0.5) is 0 Å². The zero-order valence-corrected chi connectivity index (χ0v) is 26.9. The first-order chi connectivity index (χ1) is 24.3. The van der Waals surface area contributed by atoms with E-state index >= 15 is 0 Å². The maximum absolute atomic E-state index is 4.97. The van der Waals surface area contributed by atoms with E-state index in [1.807, 2.05) is 18.5 Å². The van der Waals surface area contributed by atoms with E-state index in [9.17, 15) is 0 Å². The molecule has 0 saturated carbocycles. The summed E-state index contributed by atoms with van der Waals surface area (Å²) >= 11 is 0. The maximum Gasteiger partial charge on any atom is 0.0714 e. The van der Waals surface area contributed by atoms with E-state index in [0.29, 0.717) is 0 Å². The third-order valence-electron chi connectivity index (χ3n) is 9.84. The first kappa shape index (κ1) is 28.8. The van der Waals surface area contributed by atoms with Crippen LogP contribution in [0.1, 0.15) is 22.3 Å². The van der Waals surface area contributed by atoms with Crippen molar-refractivity contribution in [1.82, 2.24) is 9.97 Å². The molecule has 0 saturated heterocycles. The highest BCUT2D eigenvalue weighted by atomic mass is 14.7. The molecule has 230 valence electrons. The molecule has 0 radical (unpaired) electrons. The summed E-state index contributed by atoms with van der Waals surface area (Å²) in [6.45, 7) is 0. The Morgan fingerprint density at radius 1 is 0.306 bits per heavy atom. The Morgan fingerprint density at radius 3 is 1.57 bits per heavy atom. The van der Waals surface area contributed by atoms with E-state index in [0.717, 1.165) is 33.6 Å².